The van der Waals surface area contributed by atoms with Gasteiger partial charge >= 0.3 is 0 Å². The maximum Gasteiger partial charge on any atom is 0.171 e. The molecule has 5 nitrogen and oxygen atoms in total. The Kier molecular flexibility index (Phi) is 3.79. The third kappa shape index (κ3) is 2.15. The van der Waals surface area contributed by atoms with Gasteiger partial charge in [0.2, 0.25) is 0 Å². The lowest BCUT2D eigenvalue weighted by molar-refractivity contribution is 0.112. The normalized spacial score (nSPS) is 10.4. The van der Waals surface area contributed by atoms with E-state index >= 15 is 0 Å². The molecule has 0 radical (unpaired) electrons. The van der Waals surface area contributed by atoms with Crippen LogP contribution in [0.15, 0.2) is 12.1 Å². The molecule has 20 heavy (non-hydrogen) atoms. The van der Waals surface area contributed by atoms with Crippen LogP contribution < -0.4 is 9.47 Å². The Bertz CT molecular complexity index is 660. The second-order valence-corrected chi connectivity index (χ2v) is 4.59. The number of methoxy groups -OCH3 is 2. The van der Waals surface area contributed by atoms with E-state index in [1.165, 1.54) is 7.11 Å². The summed E-state index contributed by atoms with van der Waals surface area (Å²) in [6.45, 7) is 3.94. The van der Waals surface area contributed by atoms with Crippen molar-refractivity contribution in [3.05, 3.63) is 29.1 Å². The van der Waals surface area contributed by atoms with Gasteiger partial charge in [0, 0.05) is 18.3 Å². The molecule has 0 unspecified atom stereocenters. The molecule has 1 aromatic carbocycles. The van der Waals surface area contributed by atoms with Crippen LogP contribution >= 0.6 is 0 Å². The number of nitrogens with zero attached hydrogens (tertiary/aromatic N) is 2. The fourth-order valence-corrected chi connectivity index (χ4v) is 2.42. The summed E-state index contributed by atoms with van der Waals surface area (Å²) in [7, 11) is 4.97. The molecule has 5 heteroatoms. The largest absolute Gasteiger partial charge is 0.493 e. The van der Waals surface area contributed by atoms with Crippen LogP contribution in [0.4, 0.5) is 0 Å². The van der Waals surface area contributed by atoms with Gasteiger partial charge in [-0.2, -0.15) is 5.10 Å². The lowest BCUT2D eigenvalue weighted by atomic mass is 10.0. The predicted octanol–water partition coefficient (Wildman–Crippen LogP) is 2.53. The topological polar surface area (TPSA) is 53.4 Å². The van der Waals surface area contributed by atoms with Gasteiger partial charge in [0.05, 0.1) is 25.5 Å². The second kappa shape index (κ2) is 5.36. The van der Waals surface area contributed by atoms with Gasteiger partial charge in [-0.1, -0.05) is 0 Å². The molecule has 0 N–H and O–H groups in total. The Morgan fingerprint density at radius 2 is 1.90 bits per heavy atom. The van der Waals surface area contributed by atoms with E-state index in [2.05, 4.69) is 5.10 Å². The molecule has 0 fully saturated rings. The van der Waals surface area contributed by atoms with Crippen molar-refractivity contribution < 1.29 is 14.3 Å². The van der Waals surface area contributed by atoms with E-state index in [0.717, 1.165) is 28.8 Å². The van der Waals surface area contributed by atoms with Crippen LogP contribution in [0.5, 0.6) is 11.5 Å². The van der Waals surface area contributed by atoms with Crippen molar-refractivity contribution >= 4 is 6.29 Å². The number of rotatable bonds is 4. The molecule has 1 heterocycles. The van der Waals surface area contributed by atoms with Gasteiger partial charge in [0.25, 0.3) is 0 Å². The van der Waals surface area contributed by atoms with Crippen molar-refractivity contribution in [3.8, 4) is 22.6 Å². The first kappa shape index (κ1) is 14.1. The van der Waals surface area contributed by atoms with Gasteiger partial charge in [0.1, 0.15) is 0 Å². The van der Waals surface area contributed by atoms with Crippen molar-refractivity contribution in [1.29, 1.82) is 0 Å². The van der Waals surface area contributed by atoms with Gasteiger partial charge in [-0.15, -0.1) is 0 Å². The van der Waals surface area contributed by atoms with Gasteiger partial charge in [0.15, 0.2) is 17.8 Å². The number of aldehydes is 1. The average molecular weight is 274 g/mol. The smallest absolute Gasteiger partial charge is 0.171 e. The first-order valence-corrected chi connectivity index (χ1v) is 6.25. The summed E-state index contributed by atoms with van der Waals surface area (Å²) in [6.07, 6.45) is 0.770. The zero-order chi connectivity index (χ0) is 14.9. The molecule has 0 saturated heterocycles. The summed E-state index contributed by atoms with van der Waals surface area (Å²) in [4.78, 5) is 11.3. The van der Waals surface area contributed by atoms with Crippen LogP contribution in [-0.2, 0) is 7.05 Å². The molecule has 2 rings (SSSR count). The fourth-order valence-electron chi connectivity index (χ4n) is 2.42. The van der Waals surface area contributed by atoms with E-state index in [-0.39, 0.29) is 0 Å². The molecular formula is C15H18N2O3. The van der Waals surface area contributed by atoms with Gasteiger partial charge < -0.3 is 9.47 Å². The van der Waals surface area contributed by atoms with Crippen molar-refractivity contribution in [1.82, 2.24) is 9.78 Å². The lowest BCUT2D eigenvalue weighted by Gasteiger charge is -2.12. The molecular weight excluding hydrogens is 256 g/mol. The molecule has 0 bridgehead atoms. The van der Waals surface area contributed by atoms with Crippen molar-refractivity contribution in [3.63, 3.8) is 0 Å². The summed E-state index contributed by atoms with van der Waals surface area (Å²) in [6, 6.07) is 3.66. The molecule has 0 amide bonds. The lowest BCUT2D eigenvalue weighted by Crippen LogP contribution is -1.97. The minimum absolute atomic E-state index is 0.449. The number of hydrogen-bond donors (Lipinski definition) is 0. The first-order valence-electron chi connectivity index (χ1n) is 6.25. The summed E-state index contributed by atoms with van der Waals surface area (Å²) >= 11 is 0. The number of carbonyl (C=O) groups excluding carboxylic acids is 1. The Balaban J connectivity index is 2.72. The highest BCUT2D eigenvalue weighted by molar-refractivity contribution is 5.86. The van der Waals surface area contributed by atoms with Crippen LogP contribution in [0, 0.1) is 13.8 Å². The van der Waals surface area contributed by atoms with E-state index in [1.807, 2.05) is 31.6 Å². The summed E-state index contributed by atoms with van der Waals surface area (Å²) < 4.78 is 12.4. The molecule has 0 aliphatic heterocycles. The quantitative estimate of drug-likeness (QED) is 0.804. The minimum Gasteiger partial charge on any atom is -0.493 e. The number of carbonyl (C=O) groups is 1. The maximum atomic E-state index is 11.3. The minimum atomic E-state index is 0.449. The van der Waals surface area contributed by atoms with Gasteiger partial charge in [-0.05, 0) is 31.5 Å². The molecule has 0 saturated carbocycles. The van der Waals surface area contributed by atoms with Crippen molar-refractivity contribution in [2.24, 2.45) is 7.05 Å². The Hall–Kier alpha value is -2.30. The molecule has 2 aromatic rings. The van der Waals surface area contributed by atoms with Crippen molar-refractivity contribution in [2.45, 2.75) is 13.8 Å². The summed E-state index contributed by atoms with van der Waals surface area (Å²) in [5.74, 6) is 0.986. The zero-order valence-corrected chi connectivity index (χ0v) is 12.4. The predicted molar refractivity (Wildman–Crippen MR) is 76.6 cm³/mol. The fraction of sp³-hybridized carbons (Fsp3) is 0.333. The number of aromatic nitrogens is 2. The Morgan fingerprint density at radius 1 is 1.20 bits per heavy atom. The second-order valence-electron chi connectivity index (χ2n) is 4.59. The van der Waals surface area contributed by atoms with Gasteiger partial charge in [-0.3, -0.25) is 9.48 Å². The van der Waals surface area contributed by atoms with Crippen LogP contribution in [0.3, 0.4) is 0 Å². The Morgan fingerprint density at radius 3 is 2.35 bits per heavy atom. The van der Waals surface area contributed by atoms with E-state index < -0.39 is 0 Å². The highest BCUT2D eigenvalue weighted by Crippen LogP contribution is 2.37. The van der Waals surface area contributed by atoms with Crippen molar-refractivity contribution in [2.75, 3.05) is 14.2 Å². The monoisotopic (exact) mass is 274 g/mol. The molecule has 0 aliphatic rings. The standard InChI is InChI=1S/C15H18N2O3/c1-9-14(10(2)17(3)16-9)11-6-12(8-18)15(20-5)13(7-11)19-4/h6-8H,1-5H3. The van der Waals surface area contributed by atoms with Crippen LogP contribution in [-0.4, -0.2) is 30.3 Å². The third-order valence-electron chi connectivity index (χ3n) is 3.43. The number of hydrogen-bond acceptors (Lipinski definition) is 4. The highest BCUT2D eigenvalue weighted by atomic mass is 16.5. The maximum absolute atomic E-state index is 11.3. The third-order valence-corrected chi connectivity index (χ3v) is 3.43. The van der Waals surface area contributed by atoms with E-state index in [4.69, 9.17) is 9.47 Å². The van der Waals surface area contributed by atoms with Crippen LogP contribution in [0.2, 0.25) is 0 Å². The molecule has 0 atom stereocenters. The van der Waals surface area contributed by atoms with E-state index in [0.29, 0.717) is 17.1 Å². The zero-order valence-electron chi connectivity index (χ0n) is 12.4. The highest BCUT2D eigenvalue weighted by Gasteiger charge is 2.17. The number of aryl methyl sites for hydroxylation is 2. The Labute approximate surface area is 118 Å². The average Bonchev–Trinajstić information content (AvgIpc) is 2.70. The summed E-state index contributed by atoms with van der Waals surface area (Å²) in [5, 5.41) is 4.40. The first-order chi connectivity index (χ1) is 9.53. The number of ether oxygens (including phenoxy) is 2. The molecule has 106 valence electrons. The van der Waals surface area contributed by atoms with Crippen LogP contribution in [0.25, 0.3) is 11.1 Å². The van der Waals surface area contributed by atoms with Gasteiger partial charge in [-0.25, -0.2) is 0 Å². The SMILES string of the molecule is COc1cc(-c2c(C)nn(C)c2C)cc(C=O)c1OC. The molecule has 0 spiro atoms. The summed E-state index contributed by atoms with van der Waals surface area (Å²) in [5.41, 5.74) is 4.31. The van der Waals surface area contributed by atoms with E-state index in [1.54, 1.807) is 13.2 Å². The molecule has 1 aromatic heterocycles. The number of benzene rings is 1. The van der Waals surface area contributed by atoms with E-state index in [9.17, 15) is 4.79 Å². The molecule has 0 aliphatic carbocycles. The van der Waals surface area contributed by atoms with Crippen LogP contribution in [0.1, 0.15) is 21.7 Å².